The summed E-state index contributed by atoms with van der Waals surface area (Å²) in [4.78, 5) is 10.8. The van der Waals surface area contributed by atoms with Gasteiger partial charge in [0.15, 0.2) is 5.96 Å². The number of nitrogens with zero attached hydrogens (tertiary/aromatic N) is 3. The van der Waals surface area contributed by atoms with Crippen molar-refractivity contribution >= 4 is 41.7 Å². The summed E-state index contributed by atoms with van der Waals surface area (Å²) in [5, 5.41) is 6.95. The Morgan fingerprint density at radius 1 is 1.18 bits per heavy atom. The van der Waals surface area contributed by atoms with Crippen LogP contribution in [-0.4, -0.2) is 74.9 Å². The lowest BCUT2D eigenvalue weighted by atomic mass is 10.1. The van der Waals surface area contributed by atoms with Crippen molar-refractivity contribution in [3.8, 4) is 0 Å². The van der Waals surface area contributed by atoms with Crippen molar-refractivity contribution in [3.05, 3.63) is 29.3 Å². The monoisotopic (exact) mass is 519 g/mol. The molecule has 1 fully saturated rings. The first kappa shape index (κ1) is 25.5. The van der Waals surface area contributed by atoms with E-state index in [0.717, 1.165) is 25.6 Å². The van der Waals surface area contributed by atoms with Crippen LogP contribution in [-0.2, 0) is 6.54 Å². The molecule has 0 aromatic heterocycles. The Kier molecular flexibility index (Phi) is 12.5. The number of likely N-dealkylation sites (N-methyl/N-ethyl adjacent to an activating group) is 1. The fourth-order valence-corrected chi connectivity index (χ4v) is 4.17. The Morgan fingerprint density at radius 3 is 2.46 bits per heavy atom. The highest BCUT2D eigenvalue weighted by Gasteiger charge is 2.17. The summed E-state index contributed by atoms with van der Waals surface area (Å²) in [7, 11) is 1.84. The maximum Gasteiger partial charge on any atom is 0.191 e. The topological polar surface area (TPSA) is 42.9 Å². The summed E-state index contributed by atoms with van der Waals surface area (Å²) in [5.41, 5.74) is 2.62. The molecular formula is C21H38IN5S. The molecule has 0 radical (unpaired) electrons. The number of aliphatic imine (C=N–C) groups is 1. The lowest BCUT2D eigenvalue weighted by molar-refractivity contribution is 0.124. The highest BCUT2D eigenvalue weighted by molar-refractivity contribution is 14.0. The van der Waals surface area contributed by atoms with Crippen LogP contribution in [0.5, 0.6) is 0 Å². The predicted molar refractivity (Wildman–Crippen MR) is 134 cm³/mol. The van der Waals surface area contributed by atoms with E-state index in [9.17, 15) is 0 Å². The van der Waals surface area contributed by atoms with Gasteiger partial charge in [0, 0.05) is 57.8 Å². The largest absolute Gasteiger partial charge is 0.356 e. The van der Waals surface area contributed by atoms with Gasteiger partial charge < -0.3 is 20.4 Å². The number of benzene rings is 1. The first-order valence-corrected chi connectivity index (χ1v) is 11.3. The molecule has 28 heavy (non-hydrogen) atoms. The molecule has 0 spiro atoms. The minimum atomic E-state index is 0. The van der Waals surface area contributed by atoms with Gasteiger partial charge in [-0.15, -0.1) is 35.7 Å². The van der Waals surface area contributed by atoms with Gasteiger partial charge in [-0.3, -0.25) is 4.99 Å². The minimum Gasteiger partial charge on any atom is -0.356 e. The van der Waals surface area contributed by atoms with E-state index in [1.165, 1.54) is 48.7 Å². The Morgan fingerprint density at radius 2 is 1.86 bits per heavy atom. The van der Waals surface area contributed by atoms with E-state index < -0.39 is 0 Å². The number of aryl methyl sites for hydroxylation is 1. The number of hydrogen-bond donors (Lipinski definition) is 2. The van der Waals surface area contributed by atoms with Gasteiger partial charge in [-0.1, -0.05) is 26.0 Å². The second-order valence-electron chi connectivity index (χ2n) is 7.46. The van der Waals surface area contributed by atoms with E-state index in [1.807, 2.05) is 7.05 Å². The van der Waals surface area contributed by atoms with Crippen molar-refractivity contribution in [3.63, 3.8) is 0 Å². The van der Waals surface area contributed by atoms with Gasteiger partial charge >= 0.3 is 0 Å². The minimum absolute atomic E-state index is 0. The Labute approximate surface area is 193 Å². The average molecular weight is 520 g/mol. The highest BCUT2D eigenvalue weighted by Crippen LogP contribution is 2.21. The zero-order chi connectivity index (χ0) is 19.6. The normalized spacial score (nSPS) is 17.1. The number of thioether (sulfide) groups is 1. The van der Waals surface area contributed by atoms with Crippen molar-refractivity contribution in [2.75, 3.05) is 59.1 Å². The third kappa shape index (κ3) is 8.47. The van der Waals surface area contributed by atoms with Crippen LogP contribution in [0.2, 0.25) is 0 Å². The maximum atomic E-state index is 4.38. The summed E-state index contributed by atoms with van der Waals surface area (Å²) in [6.07, 6.45) is 2.13. The summed E-state index contributed by atoms with van der Waals surface area (Å²) >= 11 is 1.80. The van der Waals surface area contributed by atoms with Gasteiger partial charge in [0.1, 0.15) is 0 Å². The Bertz CT molecular complexity index is 602. The summed E-state index contributed by atoms with van der Waals surface area (Å²) in [5.74, 6) is 1.48. The molecule has 5 nitrogen and oxygen atoms in total. The molecule has 1 aromatic carbocycles. The van der Waals surface area contributed by atoms with E-state index in [2.05, 4.69) is 70.7 Å². The second kappa shape index (κ2) is 13.7. The summed E-state index contributed by atoms with van der Waals surface area (Å²) < 4.78 is 0. The molecule has 7 heteroatoms. The van der Waals surface area contributed by atoms with Crippen molar-refractivity contribution in [1.82, 2.24) is 20.4 Å². The summed E-state index contributed by atoms with van der Waals surface area (Å²) in [6.45, 7) is 15.6. The third-order valence-corrected chi connectivity index (χ3v) is 6.03. The van der Waals surface area contributed by atoms with E-state index in [0.29, 0.717) is 5.92 Å². The molecule has 1 aliphatic heterocycles. The average Bonchev–Trinajstić information content (AvgIpc) is 2.69. The van der Waals surface area contributed by atoms with Gasteiger partial charge in [-0.2, -0.15) is 0 Å². The van der Waals surface area contributed by atoms with Crippen LogP contribution in [0.15, 0.2) is 28.1 Å². The molecule has 0 saturated carbocycles. The number of rotatable bonds is 8. The Balaban J connectivity index is 0.00000392. The molecule has 1 heterocycles. The van der Waals surface area contributed by atoms with Gasteiger partial charge in [0.05, 0.1) is 0 Å². The first-order valence-electron chi connectivity index (χ1n) is 10.1. The van der Waals surface area contributed by atoms with Crippen molar-refractivity contribution in [2.45, 2.75) is 32.2 Å². The van der Waals surface area contributed by atoms with Crippen molar-refractivity contribution in [1.29, 1.82) is 0 Å². The van der Waals surface area contributed by atoms with Gasteiger partial charge in [0.25, 0.3) is 0 Å². The van der Waals surface area contributed by atoms with Crippen molar-refractivity contribution in [2.24, 2.45) is 10.9 Å². The quantitative estimate of drug-likeness (QED) is 0.239. The predicted octanol–water partition coefficient (Wildman–Crippen LogP) is 3.27. The van der Waals surface area contributed by atoms with Crippen molar-refractivity contribution < 1.29 is 0 Å². The SMILES string of the molecule is CCN1CCN(CC(C)CNC(=NC)NCc2ccc(C)cc2SC)CC1.I. The van der Waals surface area contributed by atoms with Crippen LogP contribution < -0.4 is 10.6 Å². The second-order valence-corrected chi connectivity index (χ2v) is 8.31. The zero-order valence-electron chi connectivity index (χ0n) is 18.1. The fraction of sp³-hybridized carbons (Fsp3) is 0.667. The lowest BCUT2D eigenvalue weighted by Crippen LogP contribution is -2.48. The number of hydrogen-bond acceptors (Lipinski definition) is 4. The number of guanidine groups is 1. The van der Waals surface area contributed by atoms with Crippen LogP contribution in [0.3, 0.4) is 0 Å². The van der Waals surface area contributed by atoms with Gasteiger partial charge in [-0.25, -0.2) is 0 Å². The van der Waals surface area contributed by atoms with Gasteiger partial charge in [-0.05, 0) is 42.8 Å². The lowest BCUT2D eigenvalue weighted by Gasteiger charge is -2.35. The molecule has 1 atom stereocenters. The van der Waals surface area contributed by atoms with E-state index in [-0.39, 0.29) is 24.0 Å². The molecular weight excluding hydrogens is 481 g/mol. The van der Waals surface area contributed by atoms with Crippen LogP contribution in [0, 0.1) is 12.8 Å². The molecule has 1 saturated heterocycles. The van der Waals surface area contributed by atoms with Crippen LogP contribution in [0.1, 0.15) is 25.0 Å². The third-order valence-electron chi connectivity index (χ3n) is 5.21. The maximum absolute atomic E-state index is 4.38. The van der Waals surface area contributed by atoms with E-state index in [1.54, 1.807) is 11.8 Å². The van der Waals surface area contributed by atoms with Crippen LogP contribution >= 0.6 is 35.7 Å². The zero-order valence-corrected chi connectivity index (χ0v) is 21.3. The molecule has 0 aliphatic carbocycles. The molecule has 0 bridgehead atoms. The summed E-state index contributed by atoms with van der Waals surface area (Å²) in [6, 6.07) is 6.63. The highest BCUT2D eigenvalue weighted by atomic mass is 127. The molecule has 1 unspecified atom stereocenters. The van der Waals surface area contributed by atoms with E-state index >= 15 is 0 Å². The van der Waals surface area contributed by atoms with Crippen LogP contribution in [0.25, 0.3) is 0 Å². The molecule has 1 aromatic rings. The smallest absolute Gasteiger partial charge is 0.191 e. The number of nitrogens with one attached hydrogen (secondary N) is 2. The van der Waals surface area contributed by atoms with E-state index in [4.69, 9.17) is 0 Å². The molecule has 1 aliphatic rings. The standard InChI is InChI=1S/C21H37N5S.HI/c1-6-25-9-11-26(12-10-25)16-18(3)14-23-21(22-4)24-15-19-8-7-17(2)13-20(19)27-5;/h7-8,13,18H,6,9-12,14-16H2,1-5H3,(H2,22,23,24);1H. The van der Waals surface area contributed by atoms with Gasteiger partial charge in [0.2, 0.25) is 0 Å². The molecule has 2 rings (SSSR count). The molecule has 0 amide bonds. The van der Waals surface area contributed by atoms with Crippen LogP contribution in [0.4, 0.5) is 0 Å². The first-order chi connectivity index (χ1) is 13.0. The fourth-order valence-electron chi connectivity index (χ4n) is 3.46. The molecule has 2 N–H and O–H groups in total. The molecule has 160 valence electrons. The number of piperazine rings is 1. The Hall–Kier alpha value is -0.510. The number of halogens is 1.